The van der Waals surface area contributed by atoms with Gasteiger partial charge < -0.3 is 25.3 Å². The van der Waals surface area contributed by atoms with Crippen molar-refractivity contribution in [3.8, 4) is 0 Å². The lowest BCUT2D eigenvalue weighted by Crippen LogP contribution is -2.45. The number of nitrogens with one attached hydrogen (secondary N) is 3. The van der Waals surface area contributed by atoms with Crippen LogP contribution in [0.4, 0.5) is 0 Å². The van der Waals surface area contributed by atoms with Crippen molar-refractivity contribution >= 4 is 11.9 Å². The molecule has 1 unspecified atom stereocenters. The molecule has 1 saturated heterocycles. The lowest BCUT2D eigenvalue weighted by Gasteiger charge is -2.21. The van der Waals surface area contributed by atoms with E-state index in [0.717, 1.165) is 37.0 Å². The summed E-state index contributed by atoms with van der Waals surface area (Å²) in [6, 6.07) is 2.27. The molecule has 1 aromatic heterocycles. The normalized spacial score (nSPS) is 20.9. The van der Waals surface area contributed by atoms with Crippen molar-refractivity contribution in [2.24, 2.45) is 10.9 Å². The maximum Gasteiger partial charge on any atom is 0.287 e. The third-order valence-corrected chi connectivity index (χ3v) is 5.91. The molecule has 1 atom stereocenters. The summed E-state index contributed by atoms with van der Waals surface area (Å²) < 4.78 is 5.21. The molecule has 1 aromatic rings. The van der Waals surface area contributed by atoms with Gasteiger partial charge in [-0.2, -0.15) is 0 Å². The number of nitrogens with zero attached hydrogens (tertiary/aromatic N) is 2. The molecule has 0 radical (unpaired) electrons. The molecule has 3 N–H and O–H groups in total. The number of carbonyl (C=O) groups is 1. The molecular weight excluding hydrogens is 366 g/mol. The van der Waals surface area contributed by atoms with Gasteiger partial charge in [0.25, 0.3) is 5.91 Å². The zero-order chi connectivity index (χ0) is 20.5. The fourth-order valence-corrected chi connectivity index (χ4v) is 4.35. The molecule has 1 aliphatic carbocycles. The molecule has 0 bridgehead atoms. The second-order valence-electron chi connectivity index (χ2n) is 8.34. The van der Waals surface area contributed by atoms with Gasteiger partial charge in [-0.1, -0.05) is 12.8 Å². The monoisotopic (exact) mass is 403 g/mol. The Morgan fingerprint density at radius 3 is 2.83 bits per heavy atom. The minimum atomic E-state index is -0.158. The van der Waals surface area contributed by atoms with Crippen molar-refractivity contribution in [2.45, 2.75) is 58.4 Å². The quantitative estimate of drug-likeness (QED) is 0.335. The van der Waals surface area contributed by atoms with Crippen molar-refractivity contribution < 1.29 is 9.21 Å². The number of hydrogen-bond donors (Lipinski definition) is 3. The summed E-state index contributed by atoms with van der Waals surface area (Å²) in [5.41, 5.74) is 0.859. The van der Waals surface area contributed by atoms with Crippen molar-refractivity contribution in [1.82, 2.24) is 20.9 Å². The van der Waals surface area contributed by atoms with E-state index in [1.807, 2.05) is 6.92 Å². The lowest BCUT2D eigenvalue weighted by molar-refractivity contribution is 0.0925. The Morgan fingerprint density at radius 1 is 1.28 bits per heavy atom. The molecule has 2 fully saturated rings. The SMILES string of the molecule is CCNC(=NCCCNC(=O)c1occc1C)NC1CCN(CC2CCCC2)C1. The van der Waals surface area contributed by atoms with E-state index in [1.54, 1.807) is 12.3 Å². The highest BCUT2D eigenvalue weighted by atomic mass is 16.3. The Balaban J connectivity index is 1.36. The molecule has 162 valence electrons. The summed E-state index contributed by atoms with van der Waals surface area (Å²) in [4.78, 5) is 19.3. The molecular formula is C22H37N5O2. The van der Waals surface area contributed by atoms with Crippen LogP contribution in [0.5, 0.6) is 0 Å². The Kier molecular flexibility index (Phi) is 8.40. The van der Waals surface area contributed by atoms with Gasteiger partial charge in [0.05, 0.1) is 6.26 Å². The van der Waals surface area contributed by atoms with Gasteiger partial charge in [0.2, 0.25) is 0 Å². The van der Waals surface area contributed by atoms with E-state index in [4.69, 9.17) is 4.42 Å². The van der Waals surface area contributed by atoms with E-state index >= 15 is 0 Å². The summed E-state index contributed by atoms with van der Waals surface area (Å²) in [6.45, 7) is 9.62. The Labute approximate surface area is 174 Å². The third kappa shape index (κ3) is 6.77. The molecule has 7 nitrogen and oxygen atoms in total. The standard InChI is InChI=1S/C22H37N5O2/c1-3-23-22(25-12-6-11-24-21(28)20-17(2)10-14-29-20)26-19-9-13-27(16-19)15-18-7-4-5-8-18/h10,14,18-19H,3-9,11-13,15-16H2,1-2H3,(H,24,28)(H2,23,25,26). The molecule has 1 aliphatic heterocycles. The van der Waals surface area contributed by atoms with Gasteiger partial charge in [-0.25, -0.2) is 0 Å². The van der Waals surface area contributed by atoms with Crippen LogP contribution in [0.1, 0.15) is 61.6 Å². The predicted molar refractivity (Wildman–Crippen MR) is 116 cm³/mol. The zero-order valence-electron chi connectivity index (χ0n) is 18.0. The van der Waals surface area contributed by atoms with Crippen molar-refractivity contribution in [3.63, 3.8) is 0 Å². The topological polar surface area (TPSA) is 81.9 Å². The second kappa shape index (κ2) is 11.2. The van der Waals surface area contributed by atoms with Crippen LogP contribution in [0.2, 0.25) is 0 Å². The Bertz CT molecular complexity index is 666. The fourth-order valence-electron chi connectivity index (χ4n) is 4.35. The first-order valence-corrected chi connectivity index (χ1v) is 11.2. The predicted octanol–water partition coefficient (Wildman–Crippen LogP) is 2.53. The maximum absolute atomic E-state index is 12.0. The third-order valence-electron chi connectivity index (χ3n) is 5.91. The molecule has 2 heterocycles. The minimum absolute atomic E-state index is 0.158. The van der Waals surface area contributed by atoms with Crippen molar-refractivity contribution in [2.75, 3.05) is 39.3 Å². The average Bonchev–Trinajstić information content (AvgIpc) is 3.45. The number of rotatable bonds is 9. The van der Waals surface area contributed by atoms with Crippen LogP contribution in [0, 0.1) is 12.8 Å². The van der Waals surface area contributed by atoms with Gasteiger partial charge in [0.15, 0.2) is 11.7 Å². The number of likely N-dealkylation sites (tertiary alicyclic amines) is 1. The fraction of sp³-hybridized carbons (Fsp3) is 0.727. The molecule has 1 amide bonds. The van der Waals surface area contributed by atoms with Gasteiger partial charge in [0, 0.05) is 50.9 Å². The van der Waals surface area contributed by atoms with Crippen LogP contribution in [-0.2, 0) is 0 Å². The van der Waals surface area contributed by atoms with Crippen LogP contribution in [0.3, 0.4) is 0 Å². The van der Waals surface area contributed by atoms with E-state index in [0.29, 0.717) is 24.9 Å². The zero-order valence-corrected chi connectivity index (χ0v) is 18.0. The summed E-state index contributed by atoms with van der Waals surface area (Å²) in [6.07, 6.45) is 9.17. The number of furan rings is 1. The highest BCUT2D eigenvalue weighted by Crippen LogP contribution is 2.26. The number of carbonyl (C=O) groups excluding carboxylic acids is 1. The van der Waals surface area contributed by atoms with Gasteiger partial charge in [-0.05, 0) is 51.5 Å². The largest absolute Gasteiger partial charge is 0.459 e. The van der Waals surface area contributed by atoms with E-state index < -0.39 is 0 Å². The number of hydrogen-bond acceptors (Lipinski definition) is 4. The Hall–Kier alpha value is -2.02. The molecule has 0 spiro atoms. The first kappa shape index (κ1) is 21.7. The van der Waals surface area contributed by atoms with Gasteiger partial charge in [-0.15, -0.1) is 0 Å². The first-order valence-electron chi connectivity index (χ1n) is 11.2. The van der Waals surface area contributed by atoms with Crippen molar-refractivity contribution in [1.29, 1.82) is 0 Å². The van der Waals surface area contributed by atoms with E-state index in [2.05, 4.69) is 32.8 Å². The highest BCUT2D eigenvalue weighted by molar-refractivity contribution is 5.92. The summed E-state index contributed by atoms with van der Waals surface area (Å²) >= 11 is 0. The molecule has 2 aliphatic rings. The van der Waals surface area contributed by atoms with Crippen LogP contribution in [-0.4, -0.2) is 62.1 Å². The smallest absolute Gasteiger partial charge is 0.287 e. The molecule has 29 heavy (non-hydrogen) atoms. The van der Waals surface area contributed by atoms with E-state index in [1.165, 1.54) is 45.2 Å². The number of guanidine groups is 1. The first-order chi connectivity index (χ1) is 14.2. The van der Waals surface area contributed by atoms with Gasteiger partial charge in [-0.3, -0.25) is 9.79 Å². The average molecular weight is 404 g/mol. The Morgan fingerprint density at radius 2 is 2.10 bits per heavy atom. The second-order valence-corrected chi connectivity index (χ2v) is 8.34. The highest BCUT2D eigenvalue weighted by Gasteiger charge is 2.26. The van der Waals surface area contributed by atoms with E-state index in [9.17, 15) is 4.79 Å². The van der Waals surface area contributed by atoms with Crippen LogP contribution in [0.15, 0.2) is 21.7 Å². The van der Waals surface area contributed by atoms with Crippen molar-refractivity contribution in [3.05, 3.63) is 23.7 Å². The van der Waals surface area contributed by atoms with Gasteiger partial charge >= 0.3 is 0 Å². The number of aryl methyl sites for hydroxylation is 1. The lowest BCUT2D eigenvalue weighted by atomic mass is 10.1. The van der Waals surface area contributed by atoms with Crippen LogP contribution >= 0.6 is 0 Å². The minimum Gasteiger partial charge on any atom is -0.459 e. The molecule has 7 heteroatoms. The summed E-state index contributed by atoms with van der Waals surface area (Å²) in [5.74, 6) is 2.03. The summed E-state index contributed by atoms with van der Waals surface area (Å²) in [7, 11) is 0. The summed E-state index contributed by atoms with van der Waals surface area (Å²) in [5, 5.41) is 9.84. The number of amides is 1. The maximum atomic E-state index is 12.0. The molecule has 3 rings (SSSR count). The van der Waals surface area contributed by atoms with E-state index in [-0.39, 0.29) is 5.91 Å². The van der Waals surface area contributed by atoms with Crippen LogP contribution < -0.4 is 16.0 Å². The van der Waals surface area contributed by atoms with Gasteiger partial charge in [0.1, 0.15) is 0 Å². The molecule has 1 saturated carbocycles. The molecule has 0 aromatic carbocycles. The number of aliphatic imine (C=N–C) groups is 1. The van der Waals surface area contributed by atoms with Crippen LogP contribution in [0.25, 0.3) is 0 Å².